The predicted octanol–water partition coefficient (Wildman–Crippen LogP) is 2.43. The Balaban J connectivity index is 1.93. The van der Waals surface area contributed by atoms with Crippen LogP contribution in [0.4, 0.5) is 16.2 Å². The Morgan fingerprint density at radius 3 is 2.73 bits per heavy atom. The Morgan fingerprint density at radius 1 is 1.31 bits per heavy atom. The molecular weight excluding hydrogens is 334 g/mol. The largest absolute Gasteiger partial charge is 0.464 e. The van der Waals surface area contributed by atoms with Crippen LogP contribution in [-0.4, -0.2) is 18.2 Å². The van der Waals surface area contributed by atoms with E-state index in [-0.39, 0.29) is 0 Å². The molecule has 1 atom stereocenters. The van der Waals surface area contributed by atoms with Crippen LogP contribution in [0.2, 0.25) is 0 Å². The molecule has 0 radical (unpaired) electrons. The van der Waals surface area contributed by atoms with Crippen LogP contribution in [0.3, 0.4) is 0 Å². The molecule has 8 heteroatoms. The van der Waals surface area contributed by atoms with Gasteiger partial charge >= 0.3 is 6.03 Å². The van der Waals surface area contributed by atoms with Crippen LogP contribution in [0.5, 0.6) is 0 Å². The van der Waals surface area contributed by atoms with Gasteiger partial charge in [-0.15, -0.1) is 0 Å². The number of amides is 3. The highest BCUT2D eigenvalue weighted by molar-refractivity contribution is 6.07. The Morgan fingerprint density at radius 2 is 2.08 bits per heavy atom. The lowest BCUT2D eigenvalue weighted by atomic mass is 9.99. The van der Waals surface area contributed by atoms with Gasteiger partial charge < -0.3 is 31.5 Å². The van der Waals surface area contributed by atoms with Crippen molar-refractivity contribution in [1.29, 1.82) is 5.41 Å². The normalized spacial score (nSPS) is 16.7. The Labute approximate surface area is 150 Å². The third kappa shape index (κ3) is 3.30. The first-order chi connectivity index (χ1) is 12.4. The topological polar surface area (TPSA) is 133 Å². The van der Waals surface area contributed by atoms with Gasteiger partial charge in [0.15, 0.2) is 0 Å². The van der Waals surface area contributed by atoms with Crippen LogP contribution in [-0.2, 0) is 4.79 Å². The zero-order chi connectivity index (χ0) is 18.8. The highest BCUT2D eigenvalue weighted by atomic mass is 16.3. The SMILES string of the molecule is CC1=C(C(=O)Nc2ccc(N)c(C=N)c2)C(c2ccc(C)o2)NC(=O)N1. The summed E-state index contributed by atoms with van der Waals surface area (Å²) in [6.45, 7) is 3.44. The van der Waals surface area contributed by atoms with Gasteiger partial charge in [0.05, 0.1) is 5.57 Å². The van der Waals surface area contributed by atoms with E-state index < -0.39 is 18.0 Å². The first kappa shape index (κ1) is 17.3. The lowest BCUT2D eigenvalue weighted by molar-refractivity contribution is -0.113. The zero-order valence-electron chi connectivity index (χ0n) is 14.3. The minimum Gasteiger partial charge on any atom is -0.464 e. The van der Waals surface area contributed by atoms with E-state index in [0.717, 1.165) is 6.21 Å². The molecule has 2 heterocycles. The highest BCUT2D eigenvalue weighted by Crippen LogP contribution is 2.29. The Bertz CT molecular complexity index is 929. The number of rotatable bonds is 4. The summed E-state index contributed by atoms with van der Waals surface area (Å²) in [7, 11) is 0. The standard InChI is InChI=1S/C18H19N5O3/c1-9-3-6-14(26-9)16-15(10(2)21-18(25)23-16)17(24)22-12-4-5-13(20)11(7-12)8-19/h3-8,16,19H,20H2,1-2H3,(H,22,24)(H2,21,23,25). The number of hydrogen-bond acceptors (Lipinski definition) is 5. The number of benzene rings is 1. The molecule has 2 aromatic rings. The first-order valence-corrected chi connectivity index (χ1v) is 7.95. The number of furan rings is 1. The van der Waals surface area contributed by atoms with Crippen molar-refractivity contribution in [2.45, 2.75) is 19.9 Å². The number of allylic oxidation sites excluding steroid dienone is 1. The van der Waals surface area contributed by atoms with Gasteiger partial charge in [-0.1, -0.05) is 0 Å². The summed E-state index contributed by atoms with van der Waals surface area (Å²) >= 11 is 0. The summed E-state index contributed by atoms with van der Waals surface area (Å²) in [5.74, 6) is 0.758. The maximum Gasteiger partial charge on any atom is 0.319 e. The van der Waals surface area contributed by atoms with Crippen molar-refractivity contribution in [3.63, 3.8) is 0 Å². The molecule has 0 aliphatic carbocycles. The van der Waals surface area contributed by atoms with E-state index in [1.54, 1.807) is 44.2 Å². The van der Waals surface area contributed by atoms with Gasteiger partial charge in [-0.25, -0.2) is 4.79 Å². The minimum atomic E-state index is -0.701. The van der Waals surface area contributed by atoms with Gasteiger partial charge in [0, 0.05) is 28.8 Å². The fourth-order valence-electron chi connectivity index (χ4n) is 2.79. The highest BCUT2D eigenvalue weighted by Gasteiger charge is 2.33. The molecule has 3 rings (SSSR count). The molecular formula is C18H19N5O3. The van der Waals surface area contributed by atoms with Gasteiger partial charge in [-0.05, 0) is 44.2 Å². The van der Waals surface area contributed by atoms with E-state index in [1.165, 1.54) is 0 Å². The number of urea groups is 1. The molecule has 0 saturated carbocycles. The summed E-state index contributed by atoms with van der Waals surface area (Å²) in [4.78, 5) is 24.7. The van der Waals surface area contributed by atoms with Crippen molar-refractivity contribution < 1.29 is 14.0 Å². The summed E-state index contributed by atoms with van der Waals surface area (Å²) in [6.07, 6.45) is 1.12. The fourth-order valence-corrected chi connectivity index (χ4v) is 2.79. The molecule has 3 amide bonds. The smallest absolute Gasteiger partial charge is 0.319 e. The number of anilines is 2. The molecule has 6 N–H and O–H groups in total. The summed E-state index contributed by atoms with van der Waals surface area (Å²) in [5.41, 5.74) is 7.99. The van der Waals surface area contributed by atoms with Crippen LogP contribution in [0, 0.1) is 12.3 Å². The van der Waals surface area contributed by atoms with Crippen LogP contribution in [0.1, 0.15) is 30.0 Å². The van der Waals surface area contributed by atoms with Crippen LogP contribution in [0.25, 0.3) is 0 Å². The molecule has 1 unspecified atom stereocenters. The van der Waals surface area contributed by atoms with E-state index in [9.17, 15) is 9.59 Å². The van der Waals surface area contributed by atoms with Crippen molar-refractivity contribution >= 4 is 29.5 Å². The van der Waals surface area contributed by atoms with Gasteiger partial charge in [-0.3, -0.25) is 4.79 Å². The van der Waals surface area contributed by atoms with Crippen molar-refractivity contribution in [2.24, 2.45) is 0 Å². The van der Waals surface area contributed by atoms with Crippen molar-refractivity contribution in [2.75, 3.05) is 11.1 Å². The van der Waals surface area contributed by atoms with Crippen LogP contribution >= 0.6 is 0 Å². The average Bonchev–Trinajstić information content (AvgIpc) is 3.02. The van der Waals surface area contributed by atoms with Gasteiger partial charge in [0.1, 0.15) is 17.6 Å². The first-order valence-electron chi connectivity index (χ1n) is 7.95. The van der Waals surface area contributed by atoms with E-state index in [2.05, 4.69) is 16.0 Å². The molecule has 8 nitrogen and oxygen atoms in total. The molecule has 0 spiro atoms. The van der Waals surface area contributed by atoms with Crippen molar-refractivity contribution in [3.05, 3.63) is 58.7 Å². The second kappa shape index (κ2) is 6.75. The Kier molecular flexibility index (Phi) is 4.49. The average molecular weight is 353 g/mol. The maximum absolute atomic E-state index is 12.9. The number of nitrogens with one attached hydrogen (secondary N) is 4. The second-order valence-corrected chi connectivity index (χ2v) is 5.96. The summed E-state index contributed by atoms with van der Waals surface area (Å²) in [6, 6.07) is 7.26. The zero-order valence-corrected chi connectivity index (χ0v) is 14.3. The number of carbonyl (C=O) groups excluding carboxylic acids is 2. The fraction of sp³-hybridized carbons (Fsp3) is 0.167. The number of carbonyl (C=O) groups is 2. The van der Waals surface area contributed by atoms with Gasteiger partial charge in [-0.2, -0.15) is 0 Å². The van der Waals surface area contributed by atoms with Crippen LogP contribution < -0.4 is 21.7 Å². The number of hydrogen-bond donors (Lipinski definition) is 5. The lowest BCUT2D eigenvalue weighted by Gasteiger charge is -2.27. The summed E-state index contributed by atoms with van der Waals surface area (Å²) < 4.78 is 5.60. The van der Waals surface area contributed by atoms with Gasteiger partial charge in [0.2, 0.25) is 0 Å². The summed E-state index contributed by atoms with van der Waals surface area (Å²) in [5, 5.41) is 15.5. The molecule has 1 aromatic heterocycles. The molecule has 0 bridgehead atoms. The number of nitrogen functional groups attached to an aromatic ring is 1. The minimum absolute atomic E-state index is 0.340. The predicted molar refractivity (Wildman–Crippen MR) is 97.9 cm³/mol. The Hall–Kier alpha value is -3.55. The van der Waals surface area contributed by atoms with Crippen molar-refractivity contribution in [1.82, 2.24) is 10.6 Å². The monoisotopic (exact) mass is 353 g/mol. The van der Waals surface area contributed by atoms with E-state index in [1.807, 2.05) is 0 Å². The van der Waals surface area contributed by atoms with E-state index >= 15 is 0 Å². The third-order valence-corrected chi connectivity index (χ3v) is 4.06. The molecule has 1 aromatic carbocycles. The van der Waals surface area contributed by atoms with Crippen LogP contribution in [0.15, 0.2) is 46.0 Å². The number of nitrogens with two attached hydrogens (primary N) is 1. The quantitative estimate of drug-likeness (QED) is 0.426. The van der Waals surface area contributed by atoms with E-state index in [4.69, 9.17) is 15.6 Å². The molecule has 26 heavy (non-hydrogen) atoms. The maximum atomic E-state index is 12.9. The van der Waals surface area contributed by atoms with Gasteiger partial charge in [0.25, 0.3) is 5.91 Å². The third-order valence-electron chi connectivity index (χ3n) is 4.06. The second-order valence-electron chi connectivity index (χ2n) is 5.96. The lowest BCUT2D eigenvalue weighted by Crippen LogP contribution is -2.45. The molecule has 0 fully saturated rings. The molecule has 1 aliphatic heterocycles. The number of aryl methyl sites for hydroxylation is 1. The molecule has 1 aliphatic rings. The van der Waals surface area contributed by atoms with Crippen molar-refractivity contribution in [3.8, 4) is 0 Å². The molecule has 134 valence electrons. The van der Waals surface area contributed by atoms with E-state index in [0.29, 0.717) is 39.7 Å². The molecule has 0 saturated heterocycles.